The second-order valence-corrected chi connectivity index (χ2v) is 7.08. The van der Waals surface area contributed by atoms with Crippen LogP contribution >= 0.6 is 0 Å². The molecule has 142 valence electrons. The number of pyridine rings is 1. The average Bonchev–Trinajstić information content (AvgIpc) is 3.39. The molecule has 1 N–H and O–H groups in total. The van der Waals surface area contributed by atoms with Gasteiger partial charge < -0.3 is 19.4 Å². The van der Waals surface area contributed by atoms with Crippen LogP contribution in [0.4, 0.5) is 5.95 Å². The van der Waals surface area contributed by atoms with Gasteiger partial charge in [0.05, 0.1) is 18.3 Å². The van der Waals surface area contributed by atoms with Crippen molar-refractivity contribution in [2.45, 2.75) is 12.6 Å². The number of H-pyrrole nitrogens is 1. The van der Waals surface area contributed by atoms with Gasteiger partial charge in [-0.15, -0.1) is 0 Å². The number of rotatable bonds is 2. The number of ether oxygens (including phenoxy) is 2. The second kappa shape index (κ2) is 6.07. The van der Waals surface area contributed by atoms with Crippen molar-refractivity contribution in [2.75, 3.05) is 11.7 Å². The highest BCUT2D eigenvalue weighted by Crippen LogP contribution is 2.42. The summed E-state index contributed by atoms with van der Waals surface area (Å²) >= 11 is 0. The summed E-state index contributed by atoms with van der Waals surface area (Å²) in [4.78, 5) is 27.6. The van der Waals surface area contributed by atoms with E-state index in [2.05, 4.69) is 15.0 Å². The first-order chi connectivity index (χ1) is 14.3. The first-order valence-corrected chi connectivity index (χ1v) is 9.36. The van der Waals surface area contributed by atoms with Gasteiger partial charge in [0.15, 0.2) is 16.9 Å². The van der Waals surface area contributed by atoms with Crippen LogP contribution in [0.25, 0.3) is 10.9 Å². The molecule has 2 aromatic carbocycles. The highest BCUT2D eigenvalue weighted by atomic mass is 16.7. The van der Waals surface area contributed by atoms with E-state index in [4.69, 9.17) is 9.47 Å². The van der Waals surface area contributed by atoms with E-state index in [9.17, 15) is 4.79 Å². The molecular formula is C22H16N4O3. The van der Waals surface area contributed by atoms with Crippen LogP contribution in [0, 0.1) is 0 Å². The maximum absolute atomic E-state index is 13.2. The fourth-order valence-corrected chi connectivity index (χ4v) is 4.16. The van der Waals surface area contributed by atoms with E-state index in [1.807, 2.05) is 47.4 Å². The van der Waals surface area contributed by atoms with E-state index >= 15 is 0 Å². The minimum absolute atomic E-state index is 0.0403. The Bertz CT molecular complexity index is 1300. The normalized spacial score (nSPS) is 17.0. The lowest BCUT2D eigenvalue weighted by molar-refractivity contribution is 0.174. The number of nitrogens with zero attached hydrogens (tertiary/aromatic N) is 3. The fraction of sp³-hybridized carbons (Fsp3) is 0.136. The number of hydrogen-bond acceptors (Lipinski definition) is 6. The van der Waals surface area contributed by atoms with Gasteiger partial charge in [-0.05, 0) is 35.9 Å². The molecule has 1 atom stereocenters. The maximum Gasteiger partial charge on any atom is 0.231 e. The third kappa shape index (κ3) is 2.40. The van der Waals surface area contributed by atoms with Crippen LogP contribution in [-0.4, -0.2) is 21.7 Å². The number of para-hydroxylation sites is 1. The van der Waals surface area contributed by atoms with Crippen LogP contribution in [0.1, 0.15) is 22.9 Å². The molecular weight excluding hydrogens is 368 g/mol. The fourth-order valence-electron chi connectivity index (χ4n) is 4.16. The number of anilines is 1. The summed E-state index contributed by atoms with van der Waals surface area (Å²) in [7, 11) is 0. The van der Waals surface area contributed by atoms with Crippen molar-refractivity contribution in [3.8, 4) is 11.5 Å². The molecule has 2 aliphatic heterocycles. The smallest absolute Gasteiger partial charge is 0.231 e. The number of aromatic amines is 1. The summed E-state index contributed by atoms with van der Waals surface area (Å²) in [6, 6.07) is 15.0. The van der Waals surface area contributed by atoms with Crippen LogP contribution in [0.15, 0.2) is 65.7 Å². The number of benzene rings is 2. The van der Waals surface area contributed by atoms with Crippen molar-refractivity contribution in [1.29, 1.82) is 0 Å². The van der Waals surface area contributed by atoms with Gasteiger partial charge in [0.1, 0.15) is 0 Å². The third-order valence-electron chi connectivity index (χ3n) is 5.48. The molecule has 1 unspecified atom stereocenters. The number of nitrogens with one attached hydrogen (secondary N) is 1. The van der Waals surface area contributed by atoms with Gasteiger partial charge in [-0.2, -0.15) is 0 Å². The topological polar surface area (TPSA) is 80.3 Å². The van der Waals surface area contributed by atoms with E-state index in [0.717, 1.165) is 28.1 Å². The lowest BCUT2D eigenvalue weighted by Gasteiger charge is -2.25. The van der Waals surface area contributed by atoms with E-state index in [1.165, 1.54) is 0 Å². The van der Waals surface area contributed by atoms with Crippen LogP contribution in [0.5, 0.6) is 11.5 Å². The van der Waals surface area contributed by atoms with Crippen LogP contribution < -0.4 is 19.8 Å². The van der Waals surface area contributed by atoms with Crippen LogP contribution in [-0.2, 0) is 6.54 Å². The Labute approximate surface area is 165 Å². The molecule has 0 amide bonds. The van der Waals surface area contributed by atoms with Crippen molar-refractivity contribution >= 4 is 16.9 Å². The first-order valence-electron chi connectivity index (χ1n) is 9.36. The van der Waals surface area contributed by atoms with Crippen molar-refractivity contribution in [3.05, 3.63) is 88.0 Å². The molecule has 0 saturated carbocycles. The van der Waals surface area contributed by atoms with E-state index in [0.29, 0.717) is 23.6 Å². The minimum Gasteiger partial charge on any atom is -0.454 e. The van der Waals surface area contributed by atoms with Gasteiger partial charge in [-0.3, -0.25) is 4.79 Å². The summed E-state index contributed by atoms with van der Waals surface area (Å²) in [5.74, 6) is 2.00. The van der Waals surface area contributed by atoms with Gasteiger partial charge in [0.2, 0.25) is 12.7 Å². The Morgan fingerprint density at radius 3 is 2.72 bits per heavy atom. The van der Waals surface area contributed by atoms with Crippen LogP contribution in [0.2, 0.25) is 0 Å². The van der Waals surface area contributed by atoms with E-state index in [-0.39, 0.29) is 18.3 Å². The standard InChI is InChI=1S/C22H16N4O3/c27-21-14-4-1-2-5-16(14)25-19-15(21)11-26(22-23-8-3-9-24-22)20(19)13-6-7-17-18(10-13)29-12-28-17/h1-10,20H,11-12H2,(H,25,27). The largest absolute Gasteiger partial charge is 0.454 e. The summed E-state index contributed by atoms with van der Waals surface area (Å²) in [6.45, 7) is 0.644. The predicted octanol–water partition coefficient (Wildman–Crippen LogP) is 3.16. The predicted molar refractivity (Wildman–Crippen MR) is 107 cm³/mol. The monoisotopic (exact) mass is 384 g/mol. The van der Waals surface area contributed by atoms with Crippen molar-refractivity contribution in [2.24, 2.45) is 0 Å². The van der Waals surface area contributed by atoms with E-state index in [1.54, 1.807) is 18.5 Å². The number of fused-ring (bicyclic) bond motifs is 3. The highest BCUT2D eigenvalue weighted by Gasteiger charge is 2.36. The molecule has 4 aromatic rings. The SMILES string of the molecule is O=c1c2c([nH]c3ccccc13)C(c1ccc3c(c1)OCO3)N(c1ncccn1)C2. The van der Waals surface area contributed by atoms with Gasteiger partial charge >= 0.3 is 0 Å². The zero-order chi connectivity index (χ0) is 19.4. The second-order valence-electron chi connectivity index (χ2n) is 7.08. The summed E-state index contributed by atoms with van der Waals surface area (Å²) in [5, 5.41) is 0.687. The Morgan fingerprint density at radius 2 is 1.83 bits per heavy atom. The zero-order valence-corrected chi connectivity index (χ0v) is 15.3. The third-order valence-corrected chi connectivity index (χ3v) is 5.48. The minimum atomic E-state index is -0.237. The molecule has 4 heterocycles. The zero-order valence-electron chi connectivity index (χ0n) is 15.3. The van der Waals surface area contributed by atoms with Crippen LogP contribution in [0.3, 0.4) is 0 Å². The summed E-state index contributed by atoms with van der Waals surface area (Å²) < 4.78 is 11.0. The lowest BCUT2D eigenvalue weighted by Crippen LogP contribution is -2.24. The van der Waals surface area contributed by atoms with Crippen molar-refractivity contribution in [3.63, 3.8) is 0 Å². The quantitative estimate of drug-likeness (QED) is 0.572. The molecule has 29 heavy (non-hydrogen) atoms. The molecule has 0 bridgehead atoms. The van der Waals surface area contributed by atoms with Gasteiger partial charge in [-0.25, -0.2) is 9.97 Å². The molecule has 0 saturated heterocycles. The Balaban J connectivity index is 1.59. The molecule has 7 nitrogen and oxygen atoms in total. The van der Waals surface area contributed by atoms with Gasteiger partial charge in [0.25, 0.3) is 0 Å². The molecule has 2 aliphatic rings. The molecule has 0 aliphatic carbocycles. The average molecular weight is 384 g/mol. The lowest BCUT2D eigenvalue weighted by atomic mass is 10.0. The summed E-state index contributed by atoms with van der Waals surface area (Å²) in [5.41, 5.74) is 3.43. The van der Waals surface area contributed by atoms with E-state index < -0.39 is 0 Å². The molecule has 0 radical (unpaired) electrons. The molecule has 0 fully saturated rings. The highest BCUT2D eigenvalue weighted by molar-refractivity contribution is 5.80. The summed E-state index contributed by atoms with van der Waals surface area (Å²) in [6.07, 6.45) is 3.42. The molecule has 6 rings (SSSR count). The molecule has 7 heteroatoms. The maximum atomic E-state index is 13.2. The van der Waals surface area contributed by atoms with Gasteiger partial charge in [0, 0.05) is 28.9 Å². The Morgan fingerprint density at radius 1 is 1.00 bits per heavy atom. The van der Waals surface area contributed by atoms with Crippen molar-refractivity contribution < 1.29 is 9.47 Å². The van der Waals surface area contributed by atoms with Gasteiger partial charge in [-0.1, -0.05) is 18.2 Å². The first kappa shape index (κ1) is 16.1. The number of hydrogen-bond donors (Lipinski definition) is 1. The molecule has 0 spiro atoms. The molecule has 2 aromatic heterocycles. The van der Waals surface area contributed by atoms with Crippen molar-refractivity contribution in [1.82, 2.24) is 15.0 Å². The Hall–Kier alpha value is -3.87. The Kier molecular flexibility index (Phi) is 3.37. The number of aromatic nitrogens is 3.